The van der Waals surface area contributed by atoms with E-state index in [4.69, 9.17) is 4.42 Å². The van der Waals surface area contributed by atoms with Crippen LogP contribution in [0.4, 0.5) is 5.69 Å². The van der Waals surface area contributed by atoms with Crippen molar-refractivity contribution in [2.45, 2.75) is 6.54 Å². The quantitative estimate of drug-likeness (QED) is 0.599. The van der Waals surface area contributed by atoms with E-state index in [0.717, 1.165) is 27.7 Å². The van der Waals surface area contributed by atoms with Crippen molar-refractivity contribution in [3.8, 4) is 10.8 Å². The summed E-state index contributed by atoms with van der Waals surface area (Å²) in [5.74, 6) is 1.67. The Morgan fingerprint density at radius 2 is 2.14 bits per heavy atom. The zero-order chi connectivity index (χ0) is 14.1. The summed E-state index contributed by atoms with van der Waals surface area (Å²) < 4.78 is 7.02. The minimum atomic E-state index is 0.616. The normalized spacial score (nSPS) is 11.0. The average Bonchev–Trinajstić information content (AvgIpc) is 3.24. The molecule has 1 aromatic carbocycles. The molecule has 0 amide bonds. The summed E-state index contributed by atoms with van der Waals surface area (Å²) in [4.78, 5) is 4.60. The lowest BCUT2D eigenvalue weighted by atomic mass is 10.3. The van der Waals surface area contributed by atoms with Gasteiger partial charge in [-0.2, -0.15) is 5.10 Å². The molecule has 0 bridgehead atoms. The first-order chi connectivity index (χ1) is 10.4. The topological polar surface area (TPSA) is 66.7 Å². The van der Waals surface area contributed by atoms with Gasteiger partial charge in [0.25, 0.3) is 0 Å². The Hall–Kier alpha value is -2.60. The number of fused-ring (bicyclic) bond motifs is 1. The molecule has 0 saturated carbocycles. The van der Waals surface area contributed by atoms with E-state index >= 15 is 0 Å². The molecule has 0 saturated heterocycles. The van der Waals surface area contributed by atoms with Gasteiger partial charge in [0.2, 0.25) is 0 Å². The maximum absolute atomic E-state index is 5.85. The predicted octanol–water partition coefficient (Wildman–Crippen LogP) is 3.89. The van der Waals surface area contributed by atoms with Crippen molar-refractivity contribution in [2.24, 2.45) is 0 Å². The van der Waals surface area contributed by atoms with Crippen LogP contribution in [0.3, 0.4) is 0 Å². The third-order valence-electron chi connectivity index (χ3n) is 3.13. The van der Waals surface area contributed by atoms with Crippen molar-refractivity contribution in [2.75, 3.05) is 5.32 Å². The van der Waals surface area contributed by atoms with E-state index in [2.05, 4.69) is 26.6 Å². The highest BCUT2D eigenvalue weighted by Crippen LogP contribution is 2.31. The summed E-state index contributed by atoms with van der Waals surface area (Å²) in [5, 5.41) is 10.8. The highest BCUT2D eigenvalue weighted by atomic mass is 32.1. The van der Waals surface area contributed by atoms with Crippen LogP contribution < -0.4 is 5.32 Å². The minimum Gasteiger partial charge on any atom is -0.457 e. The van der Waals surface area contributed by atoms with Crippen LogP contribution in [0.1, 0.15) is 5.76 Å². The highest BCUT2D eigenvalue weighted by molar-refractivity contribution is 7.21. The van der Waals surface area contributed by atoms with Crippen LogP contribution in [0.15, 0.2) is 53.2 Å². The fourth-order valence-corrected chi connectivity index (χ4v) is 3.03. The Labute approximate surface area is 124 Å². The fourth-order valence-electron chi connectivity index (χ4n) is 2.10. The van der Waals surface area contributed by atoms with Gasteiger partial charge in [0.15, 0.2) is 10.8 Å². The molecule has 104 valence electrons. The van der Waals surface area contributed by atoms with E-state index < -0.39 is 0 Å². The number of hydrogen-bond acceptors (Lipinski definition) is 5. The van der Waals surface area contributed by atoms with Gasteiger partial charge >= 0.3 is 0 Å². The number of H-pyrrole nitrogens is 1. The van der Waals surface area contributed by atoms with E-state index in [9.17, 15) is 0 Å². The number of hydrogen-bond donors (Lipinski definition) is 2. The molecule has 2 N–H and O–H groups in total. The molecule has 5 nitrogen and oxygen atoms in total. The second-order valence-corrected chi connectivity index (χ2v) is 5.62. The molecule has 3 aromatic heterocycles. The number of nitrogens with zero attached hydrogens (tertiary/aromatic N) is 2. The number of para-hydroxylation sites is 1. The van der Waals surface area contributed by atoms with E-state index in [1.807, 2.05) is 30.3 Å². The third-order valence-corrected chi connectivity index (χ3v) is 4.18. The maximum Gasteiger partial charge on any atom is 0.163 e. The summed E-state index contributed by atoms with van der Waals surface area (Å²) in [6, 6.07) is 12.0. The van der Waals surface area contributed by atoms with Gasteiger partial charge < -0.3 is 9.73 Å². The van der Waals surface area contributed by atoms with Crippen molar-refractivity contribution in [1.82, 2.24) is 15.2 Å². The van der Waals surface area contributed by atoms with Crippen LogP contribution >= 0.6 is 11.3 Å². The molecular formula is C15H12N4OS. The van der Waals surface area contributed by atoms with Crippen LogP contribution in [0.2, 0.25) is 0 Å². The molecule has 4 rings (SSSR count). The van der Waals surface area contributed by atoms with E-state index in [-0.39, 0.29) is 0 Å². The number of aromatic amines is 1. The lowest BCUT2D eigenvalue weighted by molar-refractivity contribution is 0.531. The van der Waals surface area contributed by atoms with Crippen LogP contribution in [-0.4, -0.2) is 15.2 Å². The van der Waals surface area contributed by atoms with E-state index in [1.54, 1.807) is 23.7 Å². The second-order valence-electron chi connectivity index (χ2n) is 4.59. The van der Waals surface area contributed by atoms with E-state index in [1.165, 1.54) is 4.70 Å². The summed E-state index contributed by atoms with van der Waals surface area (Å²) in [6.45, 7) is 0.616. The fraction of sp³-hybridized carbons (Fsp3) is 0.0667. The van der Waals surface area contributed by atoms with Gasteiger partial charge in [-0.3, -0.25) is 5.10 Å². The first-order valence-corrected chi connectivity index (χ1v) is 7.37. The molecule has 0 atom stereocenters. The smallest absolute Gasteiger partial charge is 0.163 e. The molecular weight excluding hydrogens is 284 g/mol. The summed E-state index contributed by atoms with van der Waals surface area (Å²) >= 11 is 1.64. The average molecular weight is 296 g/mol. The van der Waals surface area contributed by atoms with Gasteiger partial charge in [-0.05, 0) is 24.3 Å². The second kappa shape index (κ2) is 5.06. The molecule has 0 aliphatic carbocycles. The van der Waals surface area contributed by atoms with Gasteiger partial charge in [-0.25, -0.2) is 4.98 Å². The Kier molecular flexibility index (Phi) is 2.93. The first-order valence-electron chi connectivity index (χ1n) is 6.56. The Balaban J connectivity index is 1.56. The standard InChI is InChI=1S/C15H12N4OS/c1-2-4-14-12(3-1)19-15(21-14)13-6-5-11(20-13)9-16-10-7-17-18-8-10/h1-8,16H,9H2,(H,17,18). The number of thiazole rings is 1. The molecule has 0 aliphatic heterocycles. The number of anilines is 1. The first kappa shape index (κ1) is 12.2. The zero-order valence-corrected chi connectivity index (χ0v) is 11.9. The van der Waals surface area contributed by atoms with Gasteiger partial charge in [0, 0.05) is 6.20 Å². The van der Waals surface area contributed by atoms with Crippen molar-refractivity contribution < 1.29 is 4.42 Å². The molecule has 0 unspecified atom stereocenters. The maximum atomic E-state index is 5.85. The zero-order valence-electron chi connectivity index (χ0n) is 11.0. The van der Waals surface area contributed by atoms with Gasteiger partial charge in [-0.1, -0.05) is 12.1 Å². The molecule has 0 aliphatic rings. The summed E-state index contributed by atoms with van der Waals surface area (Å²) in [7, 11) is 0. The SMILES string of the molecule is c1ccc2sc(-c3ccc(CNc4cn[nH]c4)o3)nc2c1. The van der Waals surface area contributed by atoms with E-state index in [0.29, 0.717) is 6.54 Å². The molecule has 3 heterocycles. The lowest BCUT2D eigenvalue weighted by Gasteiger charge is -1.99. The van der Waals surface area contributed by atoms with Gasteiger partial charge in [0.1, 0.15) is 5.76 Å². The van der Waals surface area contributed by atoms with Crippen LogP contribution in [0, 0.1) is 0 Å². The molecule has 21 heavy (non-hydrogen) atoms. The van der Waals surface area contributed by atoms with Crippen LogP contribution in [0.25, 0.3) is 21.0 Å². The van der Waals surface area contributed by atoms with Crippen molar-refractivity contribution in [3.63, 3.8) is 0 Å². The Morgan fingerprint density at radius 1 is 1.19 bits per heavy atom. The largest absolute Gasteiger partial charge is 0.457 e. The van der Waals surface area contributed by atoms with Crippen molar-refractivity contribution in [3.05, 3.63) is 54.6 Å². The highest BCUT2D eigenvalue weighted by Gasteiger charge is 2.10. The number of nitrogens with one attached hydrogen (secondary N) is 2. The summed E-state index contributed by atoms with van der Waals surface area (Å²) in [6.07, 6.45) is 3.54. The third kappa shape index (κ3) is 2.41. The lowest BCUT2D eigenvalue weighted by Crippen LogP contribution is -1.96. The molecule has 0 fully saturated rings. The number of rotatable bonds is 4. The minimum absolute atomic E-state index is 0.616. The van der Waals surface area contributed by atoms with Crippen LogP contribution in [0.5, 0.6) is 0 Å². The van der Waals surface area contributed by atoms with Crippen molar-refractivity contribution >= 4 is 27.2 Å². The molecule has 6 heteroatoms. The molecule has 0 radical (unpaired) electrons. The molecule has 0 spiro atoms. The molecule has 4 aromatic rings. The van der Waals surface area contributed by atoms with Crippen molar-refractivity contribution in [1.29, 1.82) is 0 Å². The predicted molar refractivity (Wildman–Crippen MR) is 83.2 cm³/mol. The van der Waals surface area contributed by atoms with Gasteiger partial charge in [-0.15, -0.1) is 11.3 Å². The Bertz CT molecular complexity index is 830. The monoisotopic (exact) mass is 296 g/mol. The number of benzene rings is 1. The number of aromatic nitrogens is 3. The van der Waals surface area contributed by atoms with Gasteiger partial charge in [0.05, 0.1) is 28.6 Å². The van der Waals surface area contributed by atoms with Crippen LogP contribution in [-0.2, 0) is 6.54 Å². The summed E-state index contributed by atoms with van der Waals surface area (Å²) in [5.41, 5.74) is 1.94. The number of furan rings is 1. The Morgan fingerprint density at radius 3 is 3.00 bits per heavy atom.